The van der Waals surface area contributed by atoms with Gasteiger partial charge in [0.25, 0.3) is 5.91 Å². The van der Waals surface area contributed by atoms with Gasteiger partial charge in [-0.2, -0.15) is 0 Å². The molecule has 2 rings (SSSR count). The fourth-order valence-electron chi connectivity index (χ4n) is 1.77. The van der Waals surface area contributed by atoms with Crippen molar-refractivity contribution in [2.45, 2.75) is 13.5 Å². The van der Waals surface area contributed by atoms with Gasteiger partial charge in [-0.15, -0.1) is 0 Å². The fraction of sp³-hybridized carbons (Fsp3) is 0.154. The van der Waals surface area contributed by atoms with Crippen molar-refractivity contribution in [2.24, 2.45) is 0 Å². The highest BCUT2D eigenvalue weighted by Gasteiger charge is 2.16. The standard InChI is InChI=1S/C13H11Cl3N2O2/c1-2-18-6-8(15)5-11(18)13(20)17-10-4-7(14)3-9(16)12(10)19/h3-6,19H,2H2,1H3,(H,17,20). The van der Waals surface area contributed by atoms with Crippen molar-refractivity contribution in [1.29, 1.82) is 0 Å². The van der Waals surface area contributed by atoms with Crippen molar-refractivity contribution in [3.05, 3.63) is 45.2 Å². The van der Waals surface area contributed by atoms with E-state index in [1.807, 2.05) is 6.92 Å². The number of benzene rings is 1. The molecule has 0 saturated carbocycles. The van der Waals surface area contributed by atoms with Crippen LogP contribution in [0.5, 0.6) is 5.75 Å². The molecule has 0 aliphatic carbocycles. The summed E-state index contributed by atoms with van der Waals surface area (Å²) in [5.74, 6) is -0.641. The van der Waals surface area contributed by atoms with Gasteiger partial charge in [0, 0.05) is 17.8 Å². The van der Waals surface area contributed by atoms with Gasteiger partial charge in [-0.3, -0.25) is 4.79 Å². The third-order valence-electron chi connectivity index (χ3n) is 2.71. The third kappa shape index (κ3) is 3.03. The van der Waals surface area contributed by atoms with Gasteiger partial charge in [0.05, 0.1) is 15.7 Å². The Morgan fingerprint density at radius 2 is 1.95 bits per heavy atom. The van der Waals surface area contributed by atoms with Gasteiger partial charge in [0.1, 0.15) is 5.69 Å². The molecule has 0 aliphatic rings. The first kappa shape index (κ1) is 15.0. The number of aromatic nitrogens is 1. The molecule has 0 bridgehead atoms. The highest BCUT2D eigenvalue weighted by Crippen LogP contribution is 2.35. The zero-order valence-electron chi connectivity index (χ0n) is 10.5. The number of carbonyl (C=O) groups is 1. The first-order valence-corrected chi connectivity index (χ1v) is 6.90. The van der Waals surface area contributed by atoms with Gasteiger partial charge in [-0.25, -0.2) is 0 Å². The molecular weight excluding hydrogens is 323 g/mol. The number of aryl methyl sites for hydroxylation is 1. The van der Waals surface area contributed by atoms with Crippen molar-refractivity contribution >= 4 is 46.4 Å². The molecule has 1 heterocycles. The Bertz CT molecular complexity index is 668. The molecule has 2 N–H and O–H groups in total. The molecular formula is C13H11Cl3N2O2. The molecule has 1 aromatic heterocycles. The van der Waals surface area contributed by atoms with Gasteiger partial charge < -0.3 is 15.0 Å². The number of amides is 1. The van der Waals surface area contributed by atoms with E-state index in [0.29, 0.717) is 22.3 Å². The first-order chi connectivity index (χ1) is 9.42. The van der Waals surface area contributed by atoms with Gasteiger partial charge in [-0.1, -0.05) is 34.8 Å². The molecule has 0 fully saturated rings. The number of nitrogens with zero attached hydrogens (tertiary/aromatic N) is 1. The summed E-state index contributed by atoms with van der Waals surface area (Å²) >= 11 is 17.5. The number of phenols is 1. The zero-order chi connectivity index (χ0) is 14.9. The van der Waals surface area contributed by atoms with Crippen molar-refractivity contribution < 1.29 is 9.90 Å². The maximum Gasteiger partial charge on any atom is 0.272 e. The maximum absolute atomic E-state index is 12.2. The summed E-state index contributed by atoms with van der Waals surface area (Å²) in [4.78, 5) is 12.2. The summed E-state index contributed by atoms with van der Waals surface area (Å²) in [5, 5.41) is 13.2. The van der Waals surface area contributed by atoms with Gasteiger partial charge in [0.15, 0.2) is 5.75 Å². The summed E-state index contributed by atoms with van der Waals surface area (Å²) in [6.07, 6.45) is 1.65. The van der Waals surface area contributed by atoms with Crippen LogP contribution in [0.15, 0.2) is 24.4 Å². The minimum atomic E-state index is -0.410. The molecule has 20 heavy (non-hydrogen) atoms. The van der Waals surface area contributed by atoms with Crippen LogP contribution >= 0.6 is 34.8 Å². The second-order valence-corrected chi connectivity index (χ2v) is 5.35. The molecule has 0 aliphatic heterocycles. The number of nitrogens with one attached hydrogen (secondary N) is 1. The Balaban J connectivity index is 2.32. The van der Waals surface area contributed by atoms with Crippen LogP contribution in [0.25, 0.3) is 0 Å². The van der Waals surface area contributed by atoms with E-state index >= 15 is 0 Å². The molecule has 1 amide bonds. The lowest BCUT2D eigenvalue weighted by Gasteiger charge is -2.10. The largest absolute Gasteiger partial charge is 0.504 e. The van der Waals surface area contributed by atoms with Crippen LogP contribution in [0.3, 0.4) is 0 Å². The van der Waals surface area contributed by atoms with Crippen LogP contribution in [0, 0.1) is 0 Å². The van der Waals surface area contributed by atoms with E-state index in [1.54, 1.807) is 16.8 Å². The number of carbonyl (C=O) groups excluding carboxylic acids is 1. The summed E-state index contributed by atoms with van der Waals surface area (Å²) in [6, 6.07) is 4.35. The zero-order valence-corrected chi connectivity index (χ0v) is 12.7. The molecule has 0 radical (unpaired) electrons. The lowest BCUT2D eigenvalue weighted by atomic mass is 10.2. The number of hydrogen-bond donors (Lipinski definition) is 2. The molecule has 0 spiro atoms. The fourth-order valence-corrected chi connectivity index (χ4v) is 2.49. The van der Waals surface area contributed by atoms with E-state index in [2.05, 4.69) is 5.32 Å². The molecule has 1 aromatic carbocycles. The topological polar surface area (TPSA) is 54.3 Å². The Hall–Kier alpha value is -1.36. The maximum atomic E-state index is 12.2. The van der Waals surface area contributed by atoms with Crippen LogP contribution in [0.1, 0.15) is 17.4 Å². The quantitative estimate of drug-likeness (QED) is 0.817. The van der Waals surface area contributed by atoms with Gasteiger partial charge >= 0.3 is 0 Å². The molecule has 0 unspecified atom stereocenters. The minimum absolute atomic E-state index is 0.0664. The Labute approximate surface area is 130 Å². The lowest BCUT2D eigenvalue weighted by Crippen LogP contribution is -2.16. The van der Waals surface area contributed by atoms with Crippen molar-refractivity contribution in [2.75, 3.05) is 5.32 Å². The Morgan fingerprint density at radius 1 is 1.25 bits per heavy atom. The monoisotopic (exact) mass is 332 g/mol. The van der Waals surface area contributed by atoms with Crippen LogP contribution in [-0.4, -0.2) is 15.6 Å². The predicted octanol–water partition coefficient (Wildman–Crippen LogP) is 4.43. The van der Waals surface area contributed by atoms with Crippen LogP contribution in [-0.2, 0) is 6.54 Å². The smallest absolute Gasteiger partial charge is 0.272 e. The minimum Gasteiger partial charge on any atom is -0.504 e. The van der Waals surface area contributed by atoms with Gasteiger partial charge in [-0.05, 0) is 25.1 Å². The molecule has 0 atom stereocenters. The van der Waals surface area contributed by atoms with E-state index in [1.165, 1.54) is 12.1 Å². The molecule has 0 saturated heterocycles. The lowest BCUT2D eigenvalue weighted by molar-refractivity contribution is 0.101. The summed E-state index contributed by atoms with van der Waals surface area (Å²) < 4.78 is 1.70. The predicted molar refractivity (Wildman–Crippen MR) is 81.2 cm³/mol. The van der Waals surface area contributed by atoms with Gasteiger partial charge in [0.2, 0.25) is 0 Å². The highest BCUT2D eigenvalue weighted by atomic mass is 35.5. The number of hydrogen-bond acceptors (Lipinski definition) is 2. The van der Waals surface area contributed by atoms with Crippen molar-refractivity contribution in [1.82, 2.24) is 4.57 Å². The third-order valence-corrected chi connectivity index (χ3v) is 3.43. The van der Waals surface area contributed by atoms with E-state index in [4.69, 9.17) is 34.8 Å². The van der Waals surface area contributed by atoms with Crippen LogP contribution in [0.4, 0.5) is 5.69 Å². The number of aromatic hydroxyl groups is 1. The Morgan fingerprint density at radius 3 is 2.60 bits per heavy atom. The average molecular weight is 334 g/mol. The number of halogens is 3. The van der Waals surface area contributed by atoms with E-state index in [0.717, 1.165) is 0 Å². The van der Waals surface area contributed by atoms with Crippen molar-refractivity contribution in [3.63, 3.8) is 0 Å². The number of anilines is 1. The first-order valence-electron chi connectivity index (χ1n) is 5.77. The van der Waals surface area contributed by atoms with Crippen LogP contribution in [0.2, 0.25) is 15.1 Å². The van der Waals surface area contributed by atoms with E-state index in [9.17, 15) is 9.90 Å². The molecule has 2 aromatic rings. The van der Waals surface area contributed by atoms with E-state index < -0.39 is 5.91 Å². The summed E-state index contributed by atoms with van der Waals surface area (Å²) in [7, 11) is 0. The molecule has 7 heteroatoms. The molecule has 106 valence electrons. The summed E-state index contributed by atoms with van der Waals surface area (Å²) in [5.41, 5.74) is 0.528. The number of rotatable bonds is 3. The van der Waals surface area contributed by atoms with Crippen LogP contribution < -0.4 is 5.32 Å². The van der Waals surface area contributed by atoms with E-state index in [-0.39, 0.29) is 16.5 Å². The van der Waals surface area contributed by atoms with Crippen molar-refractivity contribution in [3.8, 4) is 5.75 Å². The second kappa shape index (κ2) is 5.95. The summed E-state index contributed by atoms with van der Waals surface area (Å²) in [6.45, 7) is 2.48. The average Bonchev–Trinajstić information content (AvgIpc) is 2.76. The SMILES string of the molecule is CCn1cc(Cl)cc1C(=O)Nc1cc(Cl)cc(Cl)c1O. The number of phenolic OH excluding ortho intramolecular Hbond substituents is 1. The second-order valence-electron chi connectivity index (χ2n) is 4.07. The Kier molecular flexibility index (Phi) is 4.48. The highest BCUT2D eigenvalue weighted by molar-refractivity contribution is 6.36. The normalized spacial score (nSPS) is 10.6. The molecule has 4 nitrogen and oxygen atoms in total.